The van der Waals surface area contributed by atoms with E-state index in [2.05, 4.69) is 17.2 Å². The van der Waals surface area contributed by atoms with E-state index < -0.39 is 0 Å². The Labute approximate surface area is 95.1 Å². The first-order chi connectivity index (χ1) is 7.81. The lowest BCUT2D eigenvalue weighted by atomic mass is 10.1. The summed E-state index contributed by atoms with van der Waals surface area (Å²) >= 11 is 0. The molecule has 0 amide bonds. The van der Waals surface area contributed by atoms with Gasteiger partial charge in [0.2, 0.25) is 0 Å². The Kier molecular flexibility index (Phi) is 3.31. The molecule has 4 nitrogen and oxygen atoms in total. The van der Waals surface area contributed by atoms with Gasteiger partial charge in [0.05, 0.1) is 17.6 Å². The molecule has 2 aromatic rings. The Morgan fingerprint density at radius 2 is 2.06 bits per heavy atom. The summed E-state index contributed by atoms with van der Waals surface area (Å²) in [5.41, 5.74) is 7.77. The van der Waals surface area contributed by atoms with Crippen molar-refractivity contribution in [2.24, 2.45) is 11.7 Å². The summed E-state index contributed by atoms with van der Waals surface area (Å²) in [5, 5.41) is 8.06. The Bertz CT molecular complexity index is 435. The zero-order valence-corrected chi connectivity index (χ0v) is 9.37. The number of nitrogens with two attached hydrogens (primary N) is 1. The molecule has 0 bridgehead atoms. The van der Waals surface area contributed by atoms with E-state index in [1.165, 1.54) is 0 Å². The van der Waals surface area contributed by atoms with Crippen LogP contribution in [0, 0.1) is 5.92 Å². The van der Waals surface area contributed by atoms with E-state index in [1.54, 1.807) is 6.20 Å². The molecule has 0 fully saturated rings. The summed E-state index contributed by atoms with van der Waals surface area (Å²) in [6.45, 7) is 2.81. The van der Waals surface area contributed by atoms with Crippen LogP contribution in [0.15, 0.2) is 36.5 Å². The highest BCUT2D eigenvalue weighted by molar-refractivity contribution is 5.31. The second-order valence-electron chi connectivity index (χ2n) is 4.02. The minimum absolute atomic E-state index is 0.445. The maximum atomic E-state index is 5.63. The highest BCUT2D eigenvalue weighted by Gasteiger charge is 2.09. The van der Waals surface area contributed by atoms with Gasteiger partial charge in [-0.05, 0) is 31.0 Å². The van der Waals surface area contributed by atoms with Crippen LogP contribution >= 0.6 is 0 Å². The fraction of sp³-hybridized carbons (Fsp3) is 0.333. The van der Waals surface area contributed by atoms with E-state index in [0.717, 1.165) is 17.8 Å². The highest BCUT2D eigenvalue weighted by atomic mass is 15.4. The fourth-order valence-electron chi connectivity index (χ4n) is 1.62. The van der Waals surface area contributed by atoms with E-state index >= 15 is 0 Å². The fourth-order valence-corrected chi connectivity index (χ4v) is 1.62. The summed E-state index contributed by atoms with van der Waals surface area (Å²) in [5.74, 6) is 0.445. The number of rotatable bonds is 4. The third kappa shape index (κ3) is 2.28. The third-order valence-electron chi connectivity index (χ3n) is 2.58. The van der Waals surface area contributed by atoms with E-state index in [-0.39, 0.29) is 0 Å². The molecule has 0 aliphatic carbocycles. The van der Waals surface area contributed by atoms with Crippen LogP contribution in [-0.2, 0) is 6.42 Å². The molecule has 0 radical (unpaired) electrons. The van der Waals surface area contributed by atoms with Gasteiger partial charge in [0, 0.05) is 0 Å². The van der Waals surface area contributed by atoms with Gasteiger partial charge in [0.15, 0.2) is 0 Å². The van der Waals surface area contributed by atoms with Gasteiger partial charge in [0.25, 0.3) is 0 Å². The predicted octanol–water partition coefficient (Wildman–Crippen LogP) is 1.40. The van der Waals surface area contributed by atoms with E-state index in [1.807, 2.05) is 35.0 Å². The molecular weight excluding hydrogens is 200 g/mol. The second kappa shape index (κ2) is 4.90. The summed E-state index contributed by atoms with van der Waals surface area (Å²) in [6.07, 6.45) is 2.71. The first-order valence-electron chi connectivity index (χ1n) is 5.46. The SMILES string of the molecule is CC(CN)Cc1cnnn1-c1ccccc1. The Morgan fingerprint density at radius 1 is 1.31 bits per heavy atom. The van der Waals surface area contributed by atoms with E-state index in [4.69, 9.17) is 5.73 Å². The molecule has 1 atom stereocenters. The quantitative estimate of drug-likeness (QED) is 0.840. The topological polar surface area (TPSA) is 56.7 Å². The van der Waals surface area contributed by atoms with Crippen LogP contribution in [0.1, 0.15) is 12.6 Å². The molecule has 0 saturated heterocycles. The minimum Gasteiger partial charge on any atom is -0.330 e. The molecule has 0 spiro atoms. The van der Waals surface area contributed by atoms with Crippen molar-refractivity contribution in [1.82, 2.24) is 15.0 Å². The number of nitrogens with zero attached hydrogens (tertiary/aromatic N) is 3. The lowest BCUT2D eigenvalue weighted by Crippen LogP contribution is -2.15. The van der Waals surface area contributed by atoms with Crippen molar-refractivity contribution in [2.75, 3.05) is 6.54 Å². The molecule has 2 rings (SSSR count). The van der Waals surface area contributed by atoms with Crippen LogP contribution in [-0.4, -0.2) is 21.5 Å². The van der Waals surface area contributed by atoms with Crippen LogP contribution in [0.3, 0.4) is 0 Å². The number of hydrogen-bond acceptors (Lipinski definition) is 3. The summed E-state index contributed by atoms with van der Waals surface area (Å²) in [4.78, 5) is 0. The molecular formula is C12H16N4. The van der Waals surface area contributed by atoms with Gasteiger partial charge in [-0.1, -0.05) is 30.3 Å². The van der Waals surface area contributed by atoms with E-state index in [9.17, 15) is 0 Å². The maximum Gasteiger partial charge on any atom is 0.0729 e. The molecule has 1 aromatic carbocycles. The normalized spacial score (nSPS) is 12.6. The monoisotopic (exact) mass is 216 g/mol. The third-order valence-corrected chi connectivity index (χ3v) is 2.58. The van der Waals surface area contributed by atoms with E-state index in [0.29, 0.717) is 12.5 Å². The van der Waals surface area contributed by atoms with Crippen molar-refractivity contribution in [2.45, 2.75) is 13.3 Å². The lowest BCUT2D eigenvalue weighted by Gasteiger charge is -2.09. The van der Waals surface area contributed by atoms with Crippen molar-refractivity contribution < 1.29 is 0 Å². The van der Waals surface area contributed by atoms with Crippen molar-refractivity contribution in [3.8, 4) is 5.69 Å². The zero-order valence-electron chi connectivity index (χ0n) is 9.37. The molecule has 16 heavy (non-hydrogen) atoms. The van der Waals surface area contributed by atoms with Gasteiger partial charge in [-0.25, -0.2) is 4.68 Å². The van der Waals surface area contributed by atoms with Crippen molar-refractivity contribution in [1.29, 1.82) is 0 Å². The van der Waals surface area contributed by atoms with Gasteiger partial charge in [0.1, 0.15) is 0 Å². The molecule has 1 heterocycles. The molecule has 1 aromatic heterocycles. The molecule has 0 aliphatic rings. The Balaban J connectivity index is 2.26. The number of hydrogen-bond donors (Lipinski definition) is 1. The number of benzene rings is 1. The molecule has 0 saturated carbocycles. The molecule has 0 aliphatic heterocycles. The van der Waals surface area contributed by atoms with Gasteiger partial charge in [-0.15, -0.1) is 5.10 Å². The molecule has 4 heteroatoms. The van der Waals surface area contributed by atoms with Crippen LogP contribution in [0.25, 0.3) is 5.69 Å². The molecule has 1 unspecified atom stereocenters. The van der Waals surface area contributed by atoms with Gasteiger partial charge < -0.3 is 5.73 Å². The summed E-state index contributed by atoms with van der Waals surface area (Å²) in [6, 6.07) is 10.0. The van der Waals surface area contributed by atoms with Gasteiger partial charge in [-0.3, -0.25) is 0 Å². The average Bonchev–Trinajstić information content (AvgIpc) is 2.78. The van der Waals surface area contributed by atoms with Crippen molar-refractivity contribution >= 4 is 0 Å². The molecule has 84 valence electrons. The minimum atomic E-state index is 0.445. The second-order valence-corrected chi connectivity index (χ2v) is 4.02. The van der Waals surface area contributed by atoms with Crippen LogP contribution in [0.2, 0.25) is 0 Å². The van der Waals surface area contributed by atoms with Crippen LogP contribution < -0.4 is 5.73 Å². The van der Waals surface area contributed by atoms with Gasteiger partial charge in [-0.2, -0.15) is 0 Å². The standard InChI is InChI=1S/C12H16N4/c1-10(8-13)7-12-9-14-15-16(12)11-5-3-2-4-6-11/h2-6,9-10H,7-8,13H2,1H3. The average molecular weight is 216 g/mol. The lowest BCUT2D eigenvalue weighted by molar-refractivity contribution is 0.571. The van der Waals surface area contributed by atoms with Crippen molar-refractivity contribution in [3.05, 3.63) is 42.2 Å². The number of aromatic nitrogens is 3. The summed E-state index contributed by atoms with van der Waals surface area (Å²) in [7, 11) is 0. The largest absolute Gasteiger partial charge is 0.330 e. The zero-order chi connectivity index (χ0) is 11.4. The van der Waals surface area contributed by atoms with Crippen molar-refractivity contribution in [3.63, 3.8) is 0 Å². The number of para-hydroxylation sites is 1. The Hall–Kier alpha value is -1.68. The van der Waals surface area contributed by atoms with Crippen LogP contribution in [0.4, 0.5) is 0 Å². The summed E-state index contributed by atoms with van der Waals surface area (Å²) < 4.78 is 1.87. The predicted molar refractivity (Wildman–Crippen MR) is 63.3 cm³/mol. The smallest absolute Gasteiger partial charge is 0.0729 e. The van der Waals surface area contributed by atoms with Gasteiger partial charge >= 0.3 is 0 Å². The molecule has 2 N–H and O–H groups in total. The first-order valence-corrected chi connectivity index (χ1v) is 5.46. The first kappa shape index (κ1) is 10.8. The Morgan fingerprint density at radius 3 is 2.75 bits per heavy atom. The highest BCUT2D eigenvalue weighted by Crippen LogP contribution is 2.12. The van der Waals surface area contributed by atoms with Crippen LogP contribution in [0.5, 0.6) is 0 Å². The maximum absolute atomic E-state index is 5.63.